The maximum absolute atomic E-state index is 12.2. The van der Waals surface area contributed by atoms with E-state index >= 15 is 0 Å². The summed E-state index contributed by atoms with van der Waals surface area (Å²) >= 11 is 0. The van der Waals surface area contributed by atoms with Crippen LogP contribution in [0.5, 0.6) is 0 Å². The van der Waals surface area contributed by atoms with Crippen molar-refractivity contribution in [3.05, 3.63) is 46.3 Å². The molecule has 0 radical (unpaired) electrons. The van der Waals surface area contributed by atoms with Crippen molar-refractivity contribution < 1.29 is 19.1 Å². The normalized spacial score (nSPS) is 20.1. The molecule has 0 saturated carbocycles. The SMILES string of the molecule is COC(=O)[C@@H]1[C@H](N=[N+]=[N-])CCN1C(=O)OCc1ccccc1. The lowest BCUT2D eigenvalue weighted by molar-refractivity contribution is -0.145. The average Bonchev–Trinajstić information content (AvgIpc) is 2.97. The number of rotatable bonds is 4. The monoisotopic (exact) mass is 304 g/mol. The standard InChI is InChI=1S/C14H16N4O4/c1-21-13(19)12-11(16-17-15)7-8-18(12)14(20)22-9-10-5-3-2-4-6-10/h2-6,11-12H,7-9H2,1H3/t11-,12+/m1/s1. The molecule has 0 unspecified atom stereocenters. The van der Waals surface area contributed by atoms with Crippen molar-refractivity contribution in [1.82, 2.24) is 4.90 Å². The molecule has 8 nitrogen and oxygen atoms in total. The Balaban J connectivity index is 2.04. The van der Waals surface area contributed by atoms with Crippen LogP contribution in [0.3, 0.4) is 0 Å². The molecule has 1 amide bonds. The molecular formula is C14H16N4O4. The van der Waals surface area contributed by atoms with Gasteiger partial charge in [0.2, 0.25) is 0 Å². The predicted molar refractivity (Wildman–Crippen MR) is 76.7 cm³/mol. The molecule has 22 heavy (non-hydrogen) atoms. The molecule has 1 aliphatic heterocycles. The molecular weight excluding hydrogens is 288 g/mol. The third kappa shape index (κ3) is 3.48. The first-order valence-corrected chi connectivity index (χ1v) is 6.76. The molecule has 2 rings (SSSR count). The molecule has 1 heterocycles. The van der Waals surface area contributed by atoms with Gasteiger partial charge in [0, 0.05) is 11.5 Å². The van der Waals surface area contributed by atoms with E-state index in [-0.39, 0.29) is 13.2 Å². The third-order valence-corrected chi connectivity index (χ3v) is 3.45. The molecule has 1 aromatic carbocycles. The highest BCUT2D eigenvalue weighted by atomic mass is 16.6. The lowest BCUT2D eigenvalue weighted by atomic mass is 10.1. The highest BCUT2D eigenvalue weighted by Gasteiger charge is 2.43. The number of methoxy groups -OCH3 is 1. The Morgan fingerprint density at radius 1 is 1.41 bits per heavy atom. The van der Waals surface area contributed by atoms with Crippen LogP contribution in [0, 0.1) is 0 Å². The fraction of sp³-hybridized carbons (Fsp3) is 0.429. The highest BCUT2D eigenvalue weighted by molar-refractivity contribution is 5.83. The first kappa shape index (κ1) is 15.7. The lowest BCUT2D eigenvalue weighted by Gasteiger charge is -2.23. The van der Waals surface area contributed by atoms with E-state index in [2.05, 4.69) is 14.8 Å². The molecule has 1 saturated heterocycles. The zero-order valence-corrected chi connectivity index (χ0v) is 12.1. The highest BCUT2D eigenvalue weighted by Crippen LogP contribution is 2.23. The predicted octanol–water partition coefficient (Wildman–Crippen LogP) is 2.25. The van der Waals surface area contributed by atoms with Crippen LogP contribution in [-0.2, 0) is 20.9 Å². The van der Waals surface area contributed by atoms with E-state index in [1.807, 2.05) is 30.3 Å². The van der Waals surface area contributed by atoms with Crippen molar-refractivity contribution >= 4 is 12.1 Å². The summed E-state index contributed by atoms with van der Waals surface area (Å²) in [6, 6.07) is 7.63. The molecule has 116 valence electrons. The smallest absolute Gasteiger partial charge is 0.410 e. The molecule has 2 atom stereocenters. The van der Waals surface area contributed by atoms with E-state index in [1.165, 1.54) is 12.0 Å². The number of nitrogens with zero attached hydrogens (tertiary/aromatic N) is 4. The van der Waals surface area contributed by atoms with E-state index in [9.17, 15) is 9.59 Å². The van der Waals surface area contributed by atoms with Gasteiger partial charge in [0.15, 0.2) is 0 Å². The summed E-state index contributed by atoms with van der Waals surface area (Å²) in [6.07, 6.45) is -0.237. The Labute approximate surface area is 127 Å². The second-order valence-corrected chi connectivity index (χ2v) is 4.76. The van der Waals surface area contributed by atoms with Gasteiger partial charge in [-0.15, -0.1) is 0 Å². The second kappa shape index (κ2) is 7.33. The van der Waals surface area contributed by atoms with Gasteiger partial charge in [-0.05, 0) is 17.5 Å². The zero-order valence-electron chi connectivity index (χ0n) is 12.1. The fourth-order valence-corrected chi connectivity index (χ4v) is 2.38. The average molecular weight is 304 g/mol. The van der Waals surface area contributed by atoms with E-state index in [1.54, 1.807) is 0 Å². The van der Waals surface area contributed by atoms with Crippen molar-refractivity contribution in [2.45, 2.75) is 25.1 Å². The summed E-state index contributed by atoms with van der Waals surface area (Å²) in [5.41, 5.74) is 9.39. The van der Waals surface area contributed by atoms with E-state index in [4.69, 9.17) is 10.3 Å². The molecule has 1 fully saturated rings. The maximum Gasteiger partial charge on any atom is 0.410 e. The fourth-order valence-electron chi connectivity index (χ4n) is 2.38. The van der Waals surface area contributed by atoms with Crippen LogP contribution >= 0.6 is 0 Å². The molecule has 1 aromatic rings. The number of likely N-dealkylation sites (tertiary alicyclic amines) is 1. The van der Waals surface area contributed by atoms with Gasteiger partial charge in [-0.1, -0.05) is 35.4 Å². The van der Waals surface area contributed by atoms with Crippen molar-refractivity contribution in [3.63, 3.8) is 0 Å². The number of benzene rings is 1. The number of ether oxygens (including phenoxy) is 2. The number of esters is 1. The summed E-state index contributed by atoms with van der Waals surface area (Å²) in [5, 5.41) is 3.56. The molecule has 0 bridgehead atoms. The van der Waals surface area contributed by atoms with Gasteiger partial charge in [0.05, 0.1) is 13.2 Å². The quantitative estimate of drug-likeness (QED) is 0.368. The van der Waals surface area contributed by atoms with Gasteiger partial charge in [0.1, 0.15) is 12.6 Å². The van der Waals surface area contributed by atoms with Crippen molar-refractivity contribution in [2.24, 2.45) is 5.11 Å². The Kier molecular flexibility index (Phi) is 5.21. The van der Waals surface area contributed by atoms with Crippen LogP contribution in [0.25, 0.3) is 10.4 Å². The van der Waals surface area contributed by atoms with E-state index in [0.29, 0.717) is 6.42 Å². The minimum atomic E-state index is -0.941. The number of amides is 1. The van der Waals surface area contributed by atoms with Gasteiger partial charge in [-0.3, -0.25) is 4.90 Å². The summed E-state index contributed by atoms with van der Waals surface area (Å²) in [6.45, 7) is 0.382. The largest absolute Gasteiger partial charge is 0.467 e. The van der Waals surface area contributed by atoms with Gasteiger partial charge in [-0.2, -0.15) is 0 Å². The first-order valence-electron chi connectivity index (χ1n) is 6.76. The third-order valence-electron chi connectivity index (χ3n) is 3.45. The maximum atomic E-state index is 12.2. The molecule has 0 spiro atoms. The number of carbonyl (C=O) groups excluding carboxylic acids is 2. The van der Waals surface area contributed by atoms with Crippen molar-refractivity contribution in [2.75, 3.05) is 13.7 Å². The van der Waals surface area contributed by atoms with Gasteiger partial charge in [-0.25, -0.2) is 9.59 Å². The summed E-state index contributed by atoms with van der Waals surface area (Å²) in [4.78, 5) is 27.9. The van der Waals surface area contributed by atoms with E-state index in [0.717, 1.165) is 5.56 Å². The number of azide groups is 1. The summed E-state index contributed by atoms with van der Waals surface area (Å²) < 4.78 is 9.89. The Morgan fingerprint density at radius 3 is 2.77 bits per heavy atom. The lowest BCUT2D eigenvalue weighted by Crippen LogP contribution is -2.45. The van der Waals surface area contributed by atoms with Gasteiger partial charge in [0.25, 0.3) is 0 Å². The summed E-state index contributed by atoms with van der Waals surface area (Å²) in [5.74, 6) is -0.619. The molecule has 8 heteroatoms. The van der Waals surface area contributed by atoms with Crippen LogP contribution in [0.2, 0.25) is 0 Å². The molecule has 1 aliphatic rings. The minimum Gasteiger partial charge on any atom is -0.467 e. The molecule has 0 N–H and O–H groups in total. The first-order chi connectivity index (χ1) is 10.7. The molecule has 0 aromatic heterocycles. The molecule has 0 aliphatic carbocycles. The Morgan fingerprint density at radius 2 is 2.14 bits per heavy atom. The Bertz CT molecular complexity index is 586. The number of hydrogen-bond acceptors (Lipinski definition) is 5. The minimum absolute atomic E-state index is 0.107. The van der Waals surface area contributed by atoms with E-state index < -0.39 is 24.1 Å². The van der Waals surface area contributed by atoms with Crippen molar-refractivity contribution in [1.29, 1.82) is 0 Å². The zero-order chi connectivity index (χ0) is 15.9. The Hall–Kier alpha value is -2.73. The topological polar surface area (TPSA) is 105 Å². The number of carbonyl (C=O) groups is 2. The van der Waals surface area contributed by atoms with Gasteiger partial charge >= 0.3 is 12.1 Å². The van der Waals surface area contributed by atoms with Crippen LogP contribution in [0.1, 0.15) is 12.0 Å². The van der Waals surface area contributed by atoms with Crippen LogP contribution < -0.4 is 0 Å². The van der Waals surface area contributed by atoms with Crippen LogP contribution in [0.4, 0.5) is 4.79 Å². The van der Waals surface area contributed by atoms with Crippen LogP contribution in [-0.4, -0.2) is 42.7 Å². The summed E-state index contributed by atoms with van der Waals surface area (Å²) in [7, 11) is 1.22. The van der Waals surface area contributed by atoms with Crippen LogP contribution in [0.15, 0.2) is 35.4 Å². The number of hydrogen-bond donors (Lipinski definition) is 0. The second-order valence-electron chi connectivity index (χ2n) is 4.76. The van der Waals surface area contributed by atoms with Gasteiger partial charge < -0.3 is 9.47 Å². The van der Waals surface area contributed by atoms with Crippen molar-refractivity contribution in [3.8, 4) is 0 Å².